The number of piperazine rings is 2. The third kappa shape index (κ3) is 6.73. The van der Waals surface area contributed by atoms with Crippen LogP contribution in [-0.4, -0.2) is 84.3 Å². The second kappa shape index (κ2) is 12.8. The molecule has 2 fully saturated rings. The van der Waals surface area contributed by atoms with E-state index in [0.29, 0.717) is 18.8 Å². The lowest BCUT2D eigenvalue weighted by Crippen LogP contribution is -2.60. The maximum Gasteiger partial charge on any atom is 0.243 e. The van der Waals surface area contributed by atoms with Gasteiger partial charge in [0.05, 0.1) is 19.0 Å². The topological polar surface area (TPSA) is 85.0 Å². The van der Waals surface area contributed by atoms with Gasteiger partial charge in [0.15, 0.2) is 0 Å². The van der Waals surface area contributed by atoms with E-state index in [4.69, 9.17) is 0 Å². The monoisotopic (exact) mass is 543 g/mol. The van der Waals surface area contributed by atoms with Crippen LogP contribution in [0.1, 0.15) is 23.6 Å². The minimum Gasteiger partial charge on any atom is -0.353 e. The van der Waals surface area contributed by atoms with Gasteiger partial charge in [-0.25, -0.2) is 4.39 Å². The van der Waals surface area contributed by atoms with Crippen LogP contribution in [0.4, 0.5) is 10.1 Å². The Bertz CT molecular complexity index is 1260. The second-order valence-corrected chi connectivity index (χ2v) is 10.2. The third-order valence-corrected chi connectivity index (χ3v) is 7.52. The zero-order valence-electron chi connectivity index (χ0n) is 22.3. The number of nitrogens with zero attached hydrogens (tertiary/aromatic N) is 3. The quantitative estimate of drug-likeness (QED) is 0.457. The Morgan fingerprint density at radius 3 is 2.05 bits per heavy atom. The number of nitrogens with one attached hydrogen (secondary N) is 2. The standard InChI is InChI=1S/C31H34FN5O3/c32-25-11-13-26(14-12-25)34-28(38)21-27-31(40)33-15-16-37(27)29(39)22-35-17-19-36(20-18-35)30(23-7-3-1-4-8-23)24-9-5-2-6-10-24/h1-14,27,30H,15-22H2,(H,33,40)(H,34,38). The zero-order valence-corrected chi connectivity index (χ0v) is 22.3. The molecule has 0 bridgehead atoms. The summed E-state index contributed by atoms with van der Waals surface area (Å²) < 4.78 is 13.2. The van der Waals surface area contributed by atoms with Crippen LogP contribution in [-0.2, 0) is 14.4 Å². The van der Waals surface area contributed by atoms with Crippen LogP contribution in [0.5, 0.6) is 0 Å². The molecule has 0 saturated carbocycles. The van der Waals surface area contributed by atoms with Crippen molar-refractivity contribution in [2.45, 2.75) is 18.5 Å². The van der Waals surface area contributed by atoms with Gasteiger partial charge in [0, 0.05) is 45.0 Å². The van der Waals surface area contributed by atoms with E-state index in [1.165, 1.54) is 40.3 Å². The molecule has 1 atom stereocenters. The Morgan fingerprint density at radius 1 is 0.850 bits per heavy atom. The number of carbonyl (C=O) groups is 3. The third-order valence-electron chi connectivity index (χ3n) is 7.52. The van der Waals surface area contributed by atoms with Crippen molar-refractivity contribution in [3.05, 3.63) is 102 Å². The molecule has 2 aliphatic heterocycles. The van der Waals surface area contributed by atoms with Crippen molar-refractivity contribution in [3.8, 4) is 0 Å². The van der Waals surface area contributed by atoms with Crippen molar-refractivity contribution in [2.75, 3.05) is 51.1 Å². The smallest absolute Gasteiger partial charge is 0.243 e. The van der Waals surface area contributed by atoms with Gasteiger partial charge in [-0.3, -0.25) is 24.2 Å². The number of benzene rings is 3. The van der Waals surface area contributed by atoms with Crippen LogP contribution in [0, 0.1) is 5.82 Å². The highest BCUT2D eigenvalue weighted by Gasteiger charge is 2.36. The number of hydrogen-bond donors (Lipinski definition) is 2. The van der Waals surface area contributed by atoms with Gasteiger partial charge in [0.1, 0.15) is 11.9 Å². The Balaban J connectivity index is 1.19. The fourth-order valence-electron chi connectivity index (χ4n) is 5.48. The lowest BCUT2D eigenvalue weighted by atomic mass is 9.96. The summed E-state index contributed by atoms with van der Waals surface area (Å²) in [5, 5.41) is 5.44. The molecule has 3 aromatic carbocycles. The van der Waals surface area contributed by atoms with Crippen molar-refractivity contribution < 1.29 is 18.8 Å². The second-order valence-electron chi connectivity index (χ2n) is 10.2. The lowest BCUT2D eigenvalue weighted by molar-refractivity contribution is -0.145. The van der Waals surface area contributed by atoms with E-state index in [2.05, 4.69) is 69.0 Å². The summed E-state index contributed by atoms with van der Waals surface area (Å²) in [5.74, 6) is -1.32. The molecule has 0 aromatic heterocycles. The predicted octanol–water partition coefficient (Wildman–Crippen LogP) is 2.89. The molecule has 2 heterocycles. The molecule has 0 spiro atoms. The van der Waals surface area contributed by atoms with Crippen LogP contribution in [0.2, 0.25) is 0 Å². The minimum absolute atomic E-state index is 0.134. The molecule has 1 unspecified atom stereocenters. The van der Waals surface area contributed by atoms with E-state index in [1.807, 2.05) is 12.1 Å². The number of rotatable bonds is 8. The predicted molar refractivity (Wildman–Crippen MR) is 151 cm³/mol. The van der Waals surface area contributed by atoms with Crippen molar-refractivity contribution in [3.63, 3.8) is 0 Å². The van der Waals surface area contributed by atoms with Crippen molar-refractivity contribution >= 4 is 23.4 Å². The Morgan fingerprint density at radius 2 is 1.45 bits per heavy atom. The molecule has 40 heavy (non-hydrogen) atoms. The maximum absolute atomic E-state index is 13.4. The molecule has 208 valence electrons. The number of amides is 3. The van der Waals surface area contributed by atoms with E-state index >= 15 is 0 Å². The van der Waals surface area contributed by atoms with Crippen molar-refractivity contribution in [1.29, 1.82) is 0 Å². The van der Waals surface area contributed by atoms with Gasteiger partial charge in [0.2, 0.25) is 17.7 Å². The van der Waals surface area contributed by atoms with Crippen LogP contribution >= 0.6 is 0 Å². The molecule has 0 radical (unpaired) electrons. The van der Waals surface area contributed by atoms with Crippen molar-refractivity contribution in [1.82, 2.24) is 20.0 Å². The molecule has 2 N–H and O–H groups in total. The molecule has 0 aliphatic carbocycles. The van der Waals surface area contributed by atoms with E-state index < -0.39 is 17.8 Å². The average Bonchev–Trinajstić information content (AvgIpc) is 2.97. The van der Waals surface area contributed by atoms with Gasteiger partial charge >= 0.3 is 0 Å². The van der Waals surface area contributed by atoms with Crippen molar-refractivity contribution in [2.24, 2.45) is 0 Å². The summed E-state index contributed by atoms with van der Waals surface area (Å²) in [6, 6.07) is 25.6. The highest BCUT2D eigenvalue weighted by molar-refractivity contribution is 5.97. The molecule has 2 aliphatic rings. The van der Waals surface area contributed by atoms with Crippen LogP contribution in [0.25, 0.3) is 0 Å². The molecule has 3 amide bonds. The molecule has 5 rings (SSSR count). The maximum atomic E-state index is 13.4. The van der Waals surface area contributed by atoms with E-state index in [9.17, 15) is 18.8 Å². The largest absolute Gasteiger partial charge is 0.353 e. The first kappa shape index (κ1) is 27.5. The fourth-order valence-corrected chi connectivity index (χ4v) is 5.48. The van der Waals surface area contributed by atoms with Gasteiger partial charge in [-0.15, -0.1) is 0 Å². The fraction of sp³-hybridized carbons (Fsp3) is 0.323. The van der Waals surface area contributed by atoms with E-state index in [1.54, 1.807) is 0 Å². The first-order chi connectivity index (χ1) is 19.5. The Labute approximate surface area is 233 Å². The normalized spacial score (nSPS) is 18.4. The average molecular weight is 544 g/mol. The summed E-state index contributed by atoms with van der Waals surface area (Å²) in [4.78, 5) is 44.8. The van der Waals surface area contributed by atoms with Gasteiger partial charge < -0.3 is 15.5 Å². The summed E-state index contributed by atoms with van der Waals surface area (Å²) in [6.07, 6.45) is -0.168. The van der Waals surface area contributed by atoms with Crippen LogP contribution in [0.15, 0.2) is 84.9 Å². The zero-order chi connectivity index (χ0) is 27.9. The SMILES string of the molecule is O=C(CC1C(=O)NCCN1C(=O)CN1CCN(C(c2ccccc2)c2ccccc2)CC1)Nc1ccc(F)cc1. The summed E-state index contributed by atoms with van der Waals surface area (Å²) in [6.45, 7) is 3.93. The summed E-state index contributed by atoms with van der Waals surface area (Å²) in [5.41, 5.74) is 2.90. The molecule has 9 heteroatoms. The van der Waals surface area contributed by atoms with Gasteiger partial charge in [-0.1, -0.05) is 60.7 Å². The van der Waals surface area contributed by atoms with Gasteiger partial charge in [-0.05, 0) is 35.4 Å². The summed E-state index contributed by atoms with van der Waals surface area (Å²) in [7, 11) is 0. The van der Waals surface area contributed by atoms with Crippen LogP contribution < -0.4 is 10.6 Å². The Kier molecular flexibility index (Phi) is 8.83. The van der Waals surface area contributed by atoms with E-state index in [0.717, 1.165) is 26.2 Å². The lowest BCUT2D eigenvalue weighted by Gasteiger charge is -2.41. The highest BCUT2D eigenvalue weighted by Crippen LogP contribution is 2.29. The highest BCUT2D eigenvalue weighted by atomic mass is 19.1. The number of carbonyl (C=O) groups excluding carboxylic acids is 3. The minimum atomic E-state index is -0.886. The first-order valence-electron chi connectivity index (χ1n) is 13.7. The molecule has 8 nitrogen and oxygen atoms in total. The molecular formula is C31H34FN5O3. The number of hydrogen-bond acceptors (Lipinski definition) is 5. The van der Waals surface area contributed by atoms with Crippen LogP contribution in [0.3, 0.4) is 0 Å². The number of anilines is 1. The van der Waals surface area contributed by atoms with Gasteiger partial charge in [0.25, 0.3) is 0 Å². The molecule has 3 aromatic rings. The number of halogens is 1. The first-order valence-corrected chi connectivity index (χ1v) is 13.7. The summed E-state index contributed by atoms with van der Waals surface area (Å²) >= 11 is 0. The molecular weight excluding hydrogens is 509 g/mol. The Hall–Kier alpha value is -4.08. The van der Waals surface area contributed by atoms with Gasteiger partial charge in [-0.2, -0.15) is 0 Å². The van der Waals surface area contributed by atoms with E-state index in [-0.39, 0.29) is 30.8 Å². The molecule has 2 saturated heterocycles.